The van der Waals surface area contributed by atoms with Gasteiger partial charge in [0.25, 0.3) is 0 Å². The summed E-state index contributed by atoms with van der Waals surface area (Å²) in [6.45, 7) is -1.18. The Morgan fingerprint density at radius 1 is 1.25 bits per heavy atom. The van der Waals surface area contributed by atoms with Gasteiger partial charge in [0.2, 0.25) is 0 Å². The Morgan fingerprint density at radius 2 is 1.94 bits per heavy atom. The summed E-state index contributed by atoms with van der Waals surface area (Å²) in [5.74, 6) is 0.384. The first-order valence-corrected chi connectivity index (χ1v) is 4.96. The third kappa shape index (κ3) is 3.45. The van der Waals surface area contributed by atoms with Crippen molar-refractivity contribution in [2.75, 3.05) is 13.4 Å². The van der Waals surface area contributed by atoms with Gasteiger partial charge >= 0.3 is 6.98 Å². The summed E-state index contributed by atoms with van der Waals surface area (Å²) in [5, 5.41) is 0. The van der Waals surface area contributed by atoms with Crippen LogP contribution in [-0.4, -0.2) is 20.4 Å². The summed E-state index contributed by atoms with van der Waals surface area (Å²) in [7, 11) is 0. The number of halogens is 3. The highest BCUT2D eigenvalue weighted by molar-refractivity contribution is 6.74. The van der Waals surface area contributed by atoms with Crippen LogP contribution in [0.3, 0.4) is 0 Å². The average Bonchev–Trinajstić information content (AvgIpc) is 2.16. The van der Waals surface area contributed by atoms with Gasteiger partial charge in [-0.05, 0) is 26.0 Å². The topological polar surface area (TPSA) is 18.5 Å². The summed E-state index contributed by atoms with van der Waals surface area (Å²) >= 11 is 0. The molecule has 1 aromatic rings. The molecule has 0 aliphatic rings. The van der Waals surface area contributed by atoms with Crippen molar-refractivity contribution in [3.63, 3.8) is 0 Å². The molecular weight excluding hydrogens is 220 g/mol. The smallest absolute Gasteiger partial charge is 0.468 e. The van der Waals surface area contributed by atoms with Gasteiger partial charge in [0.05, 0.1) is 0 Å². The van der Waals surface area contributed by atoms with E-state index < -0.39 is 12.4 Å². The standard InChI is InChI=1S/C10H13BF3O2/c1-3-15-7-16-9-4-5-10(8(2)6-9)11(12,13)14/h4-6H,3,7H2,1-2H3/q-1. The molecule has 0 atom stereocenters. The molecule has 2 nitrogen and oxygen atoms in total. The molecule has 0 saturated heterocycles. The van der Waals surface area contributed by atoms with E-state index >= 15 is 0 Å². The van der Waals surface area contributed by atoms with Crippen molar-refractivity contribution in [1.29, 1.82) is 0 Å². The van der Waals surface area contributed by atoms with E-state index in [1.807, 2.05) is 6.92 Å². The molecule has 1 aromatic carbocycles. The first-order valence-electron chi connectivity index (χ1n) is 4.96. The lowest BCUT2D eigenvalue weighted by molar-refractivity contribution is 0.0224. The number of benzene rings is 1. The second-order valence-corrected chi connectivity index (χ2v) is 3.35. The highest BCUT2D eigenvalue weighted by atomic mass is 19.4. The summed E-state index contributed by atoms with van der Waals surface area (Å²) in [5.41, 5.74) is -0.412. The molecule has 0 unspecified atom stereocenters. The molecule has 0 fully saturated rings. The van der Waals surface area contributed by atoms with Crippen LogP contribution in [0.4, 0.5) is 12.9 Å². The summed E-state index contributed by atoms with van der Waals surface area (Å²) in [6.07, 6.45) is 0. The first kappa shape index (κ1) is 12.9. The van der Waals surface area contributed by atoms with Gasteiger partial charge < -0.3 is 22.4 Å². The Morgan fingerprint density at radius 3 is 2.44 bits per heavy atom. The highest BCUT2D eigenvalue weighted by Gasteiger charge is 2.27. The minimum absolute atomic E-state index is 0.0481. The summed E-state index contributed by atoms with van der Waals surface area (Å²) in [4.78, 5) is 0. The van der Waals surface area contributed by atoms with E-state index in [9.17, 15) is 12.9 Å². The molecule has 1 rings (SSSR count). The van der Waals surface area contributed by atoms with E-state index in [1.54, 1.807) is 0 Å². The lowest BCUT2D eigenvalue weighted by Crippen LogP contribution is -2.35. The molecule has 0 spiro atoms. The van der Waals surface area contributed by atoms with Gasteiger partial charge in [0.1, 0.15) is 5.75 Å². The van der Waals surface area contributed by atoms with Crippen LogP contribution < -0.4 is 10.2 Å². The molecule has 0 heterocycles. The van der Waals surface area contributed by atoms with Gasteiger partial charge in [-0.3, -0.25) is 0 Å². The van der Waals surface area contributed by atoms with Crippen LogP contribution in [0, 0.1) is 6.92 Å². The van der Waals surface area contributed by atoms with Crippen LogP contribution in [0.5, 0.6) is 5.75 Å². The maximum Gasteiger partial charge on any atom is 0.509 e. The van der Waals surface area contributed by atoms with Crippen molar-refractivity contribution in [2.45, 2.75) is 13.8 Å². The molecule has 0 radical (unpaired) electrons. The van der Waals surface area contributed by atoms with Gasteiger partial charge in [0, 0.05) is 6.61 Å². The van der Waals surface area contributed by atoms with E-state index in [1.165, 1.54) is 19.1 Å². The number of hydrogen-bond acceptors (Lipinski definition) is 2. The molecule has 0 bridgehead atoms. The van der Waals surface area contributed by atoms with Crippen LogP contribution in [0.25, 0.3) is 0 Å². The van der Waals surface area contributed by atoms with Crippen LogP contribution in [-0.2, 0) is 4.74 Å². The maximum atomic E-state index is 12.5. The molecule has 90 valence electrons. The van der Waals surface area contributed by atoms with Gasteiger partial charge in [0.15, 0.2) is 6.79 Å². The van der Waals surface area contributed by atoms with Crippen molar-refractivity contribution in [2.24, 2.45) is 0 Å². The second kappa shape index (κ2) is 5.25. The summed E-state index contributed by atoms with van der Waals surface area (Å²) < 4.78 is 47.5. The minimum Gasteiger partial charge on any atom is -0.468 e. The predicted molar refractivity (Wildman–Crippen MR) is 57.0 cm³/mol. The van der Waals surface area contributed by atoms with Crippen LogP contribution in [0.2, 0.25) is 0 Å². The van der Waals surface area contributed by atoms with E-state index in [2.05, 4.69) is 0 Å². The second-order valence-electron chi connectivity index (χ2n) is 3.35. The number of rotatable bonds is 5. The lowest BCUT2D eigenvalue weighted by Gasteiger charge is -2.18. The molecule has 0 aliphatic carbocycles. The third-order valence-corrected chi connectivity index (χ3v) is 2.11. The van der Waals surface area contributed by atoms with Crippen molar-refractivity contribution in [3.05, 3.63) is 23.8 Å². The SMILES string of the molecule is CCOCOc1ccc([B-](F)(F)F)c(C)c1. The van der Waals surface area contributed by atoms with Gasteiger partial charge in [-0.15, -0.1) is 5.46 Å². The third-order valence-electron chi connectivity index (χ3n) is 2.11. The van der Waals surface area contributed by atoms with Gasteiger partial charge in [-0.1, -0.05) is 11.6 Å². The normalized spacial score (nSPS) is 11.6. The number of aryl methyl sites for hydroxylation is 1. The van der Waals surface area contributed by atoms with E-state index in [0.717, 1.165) is 6.07 Å². The van der Waals surface area contributed by atoms with E-state index in [-0.39, 0.29) is 12.4 Å². The largest absolute Gasteiger partial charge is 0.509 e. The Kier molecular flexibility index (Phi) is 4.23. The van der Waals surface area contributed by atoms with Crippen molar-refractivity contribution in [1.82, 2.24) is 0 Å². The van der Waals surface area contributed by atoms with Crippen LogP contribution in [0.15, 0.2) is 18.2 Å². The quantitative estimate of drug-likeness (QED) is 0.441. The monoisotopic (exact) mass is 233 g/mol. The van der Waals surface area contributed by atoms with Gasteiger partial charge in [-0.25, -0.2) is 0 Å². The molecule has 16 heavy (non-hydrogen) atoms. The average molecular weight is 233 g/mol. The minimum atomic E-state index is -4.95. The Hall–Kier alpha value is -1.17. The zero-order chi connectivity index (χ0) is 12.2. The Balaban J connectivity index is 2.75. The van der Waals surface area contributed by atoms with Crippen LogP contribution >= 0.6 is 0 Å². The maximum absolute atomic E-state index is 12.5. The predicted octanol–water partition coefficient (Wildman–Crippen LogP) is 2.42. The fraction of sp³-hybridized carbons (Fsp3) is 0.400. The van der Waals surface area contributed by atoms with E-state index in [0.29, 0.717) is 12.4 Å². The molecule has 0 saturated carbocycles. The zero-order valence-electron chi connectivity index (χ0n) is 9.17. The highest BCUT2D eigenvalue weighted by Crippen LogP contribution is 2.17. The lowest BCUT2D eigenvalue weighted by atomic mass is 9.77. The van der Waals surface area contributed by atoms with E-state index in [4.69, 9.17) is 9.47 Å². The molecule has 6 heteroatoms. The van der Waals surface area contributed by atoms with Gasteiger partial charge in [-0.2, -0.15) is 0 Å². The first-order chi connectivity index (χ1) is 7.45. The zero-order valence-corrected chi connectivity index (χ0v) is 9.17. The molecule has 0 aromatic heterocycles. The molecule has 0 aliphatic heterocycles. The van der Waals surface area contributed by atoms with Crippen molar-refractivity contribution < 1.29 is 22.4 Å². The Bertz CT molecular complexity index is 352. The van der Waals surface area contributed by atoms with Crippen molar-refractivity contribution in [3.8, 4) is 5.75 Å². The fourth-order valence-corrected chi connectivity index (χ4v) is 1.30. The molecular formula is C10H13BF3O2-. The molecule has 0 amide bonds. The Labute approximate surface area is 92.4 Å². The number of hydrogen-bond donors (Lipinski definition) is 0. The van der Waals surface area contributed by atoms with Crippen LogP contribution in [0.1, 0.15) is 12.5 Å². The number of ether oxygens (including phenoxy) is 2. The fourth-order valence-electron chi connectivity index (χ4n) is 1.30. The molecule has 0 N–H and O–H groups in total. The van der Waals surface area contributed by atoms with Crippen molar-refractivity contribution >= 4 is 12.4 Å². The summed E-state index contributed by atoms with van der Waals surface area (Å²) in [6, 6.07) is 3.71.